The Labute approximate surface area is 85.9 Å². The Morgan fingerprint density at radius 1 is 1.64 bits per heavy atom. The summed E-state index contributed by atoms with van der Waals surface area (Å²) in [6, 6.07) is 1.90. The van der Waals surface area contributed by atoms with Crippen molar-refractivity contribution in [2.45, 2.75) is 32.7 Å². The molecule has 0 aromatic rings. The SMILES string of the molecule is CCCNC(=O)C(C)N(C)CCC#N. The van der Waals surface area contributed by atoms with E-state index in [9.17, 15) is 4.79 Å². The Morgan fingerprint density at radius 3 is 2.79 bits per heavy atom. The van der Waals surface area contributed by atoms with Crippen LogP contribution in [0.2, 0.25) is 0 Å². The summed E-state index contributed by atoms with van der Waals surface area (Å²) in [5.74, 6) is 0.0345. The maximum absolute atomic E-state index is 11.5. The molecule has 0 aromatic heterocycles. The third-order valence-electron chi connectivity index (χ3n) is 2.17. The number of amides is 1. The molecule has 0 radical (unpaired) electrons. The molecule has 0 saturated heterocycles. The standard InChI is InChI=1S/C10H19N3O/c1-4-7-12-10(14)9(2)13(3)8-5-6-11/h9H,4-5,7-8H2,1-3H3,(H,12,14). The first-order chi connectivity index (χ1) is 6.63. The van der Waals surface area contributed by atoms with Gasteiger partial charge in [-0.2, -0.15) is 5.26 Å². The van der Waals surface area contributed by atoms with E-state index < -0.39 is 0 Å². The van der Waals surface area contributed by atoms with Crippen LogP contribution >= 0.6 is 0 Å². The Hall–Kier alpha value is -1.08. The van der Waals surface area contributed by atoms with Crippen LogP contribution in [0.15, 0.2) is 0 Å². The van der Waals surface area contributed by atoms with Gasteiger partial charge in [0.1, 0.15) is 0 Å². The number of nitriles is 1. The van der Waals surface area contributed by atoms with Crippen molar-refractivity contribution in [2.24, 2.45) is 0 Å². The number of hydrogen-bond donors (Lipinski definition) is 1. The fraction of sp³-hybridized carbons (Fsp3) is 0.800. The summed E-state index contributed by atoms with van der Waals surface area (Å²) in [7, 11) is 1.85. The van der Waals surface area contributed by atoms with Gasteiger partial charge >= 0.3 is 0 Å². The molecule has 0 spiro atoms. The van der Waals surface area contributed by atoms with Crippen LogP contribution in [0.4, 0.5) is 0 Å². The van der Waals surface area contributed by atoms with Crippen molar-refractivity contribution in [3.8, 4) is 6.07 Å². The topological polar surface area (TPSA) is 56.1 Å². The van der Waals surface area contributed by atoms with E-state index in [0.29, 0.717) is 13.0 Å². The Bertz CT molecular complexity index is 210. The van der Waals surface area contributed by atoms with E-state index in [4.69, 9.17) is 5.26 Å². The number of carbonyl (C=O) groups excluding carboxylic acids is 1. The van der Waals surface area contributed by atoms with Crippen LogP contribution in [-0.4, -0.2) is 37.0 Å². The number of carbonyl (C=O) groups is 1. The van der Waals surface area contributed by atoms with Crippen LogP contribution in [0.3, 0.4) is 0 Å². The third-order valence-corrected chi connectivity index (χ3v) is 2.17. The van der Waals surface area contributed by atoms with Gasteiger partial charge in [0.25, 0.3) is 0 Å². The molecule has 4 nitrogen and oxygen atoms in total. The minimum absolute atomic E-state index is 0.0345. The molecule has 14 heavy (non-hydrogen) atoms. The molecular formula is C10H19N3O. The minimum atomic E-state index is -0.158. The quantitative estimate of drug-likeness (QED) is 0.683. The molecule has 0 aliphatic carbocycles. The second kappa shape index (κ2) is 7.34. The molecule has 1 atom stereocenters. The number of nitrogens with one attached hydrogen (secondary N) is 1. The van der Waals surface area contributed by atoms with Gasteiger partial charge < -0.3 is 5.32 Å². The zero-order valence-electron chi connectivity index (χ0n) is 9.21. The van der Waals surface area contributed by atoms with Gasteiger partial charge in [0.05, 0.1) is 12.1 Å². The second-order valence-corrected chi connectivity index (χ2v) is 3.36. The monoisotopic (exact) mass is 197 g/mol. The van der Waals surface area contributed by atoms with E-state index in [1.807, 2.05) is 25.8 Å². The van der Waals surface area contributed by atoms with Crippen LogP contribution in [-0.2, 0) is 4.79 Å². The second-order valence-electron chi connectivity index (χ2n) is 3.36. The van der Waals surface area contributed by atoms with Crippen LogP contribution in [0.5, 0.6) is 0 Å². The highest BCUT2D eigenvalue weighted by molar-refractivity contribution is 5.81. The zero-order valence-corrected chi connectivity index (χ0v) is 9.21. The molecule has 1 N–H and O–H groups in total. The number of hydrogen-bond acceptors (Lipinski definition) is 3. The summed E-state index contributed by atoms with van der Waals surface area (Å²) in [5, 5.41) is 11.2. The maximum atomic E-state index is 11.5. The number of rotatable bonds is 6. The predicted octanol–water partition coefficient (Wildman–Crippen LogP) is 0.747. The van der Waals surface area contributed by atoms with Crippen LogP contribution < -0.4 is 5.32 Å². The average molecular weight is 197 g/mol. The highest BCUT2D eigenvalue weighted by Crippen LogP contribution is 1.96. The molecule has 0 aliphatic rings. The van der Waals surface area contributed by atoms with Gasteiger partial charge in [-0.3, -0.25) is 9.69 Å². The molecule has 1 unspecified atom stereocenters. The minimum Gasteiger partial charge on any atom is -0.355 e. The normalized spacial score (nSPS) is 12.2. The number of likely N-dealkylation sites (N-methyl/N-ethyl adjacent to an activating group) is 1. The summed E-state index contributed by atoms with van der Waals surface area (Å²) >= 11 is 0. The van der Waals surface area contributed by atoms with Crippen molar-refractivity contribution in [1.29, 1.82) is 5.26 Å². The van der Waals surface area contributed by atoms with E-state index in [1.54, 1.807) is 0 Å². The largest absolute Gasteiger partial charge is 0.355 e. The summed E-state index contributed by atoms with van der Waals surface area (Å²) in [4.78, 5) is 13.4. The van der Waals surface area contributed by atoms with Gasteiger partial charge in [0.15, 0.2) is 0 Å². The van der Waals surface area contributed by atoms with Gasteiger partial charge in [-0.15, -0.1) is 0 Å². The van der Waals surface area contributed by atoms with E-state index in [2.05, 4.69) is 11.4 Å². The lowest BCUT2D eigenvalue weighted by Gasteiger charge is -2.22. The fourth-order valence-corrected chi connectivity index (χ4v) is 1.02. The first kappa shape index (κ1) is 12.9. The summed E-state index contributed by atoms with van der Waals surface area (Å²) in [6.45, 7) is 5.22. The van der Waals surface area contributed by atoms with Gasteiger partial charge in [0.2, 0.25) is 5.91 Å². The first-order valence-corrected chi connectivity index (χ1v) is 4.98. The van der Waals surface area contributed by atoms with Crippen molar-refractivity contribution in [3.05, 3.63) is 0 Å². The average Bonchev–Trinajstić information content (AvgIpc) is 2.21. The fourth-order valence-electron chi connectivity index (χ4n) is 1.02. The summed E-state index contributed by atoms with van der Waals surface area (Å²) < 4.78 is 0. The lowest BCUT2D eigenvalue weighted by Crippen LogP contribution is -2.43. The van der Waals surface area contributed by atoms with Crippen molar-refractivity contribution in [1.82, 2.24) is 10.2 Å². The lowest BCUT2D eigenvalue weighted by atomic mass is 10.2. The van der Waals surface area contributed by atoms with Crippen molar-refractivity contribution in [2.75, 3.05) is 20.1 Å². The molecule has 0 saturated carbocycles. The van der Waals surface area contributed by atoms with Crippen LogP contribution in [0.25, 0.3) is 0 Å². The zero-order chi connectivity index (χ0) is 11.0. The highest BCUT2D eigenvalue weighted by atomic mass is 16.2. The Kier molecular flexibility index (Phi) is 6.77. The Balaban J connectivity index is 3.85. The predicted molar refractivity (Wildman–Crippen MR) is 55.6 cm³/mol. The maximum Gasteiger partial charge on any atom is 0.237 e. The van der Waals surface area contributed by atoms with E-state index >= 15 is 0 Å². The number of nitrogens with zero attached hydrogens (tertiary/aromatic N) is 2. The lowest BCUT2D eigenvalue weighted by molar-refractivity contribution is -0.125. The molecule has 4 heteroatoms. The van der Waals surface area contributed by atoms with Crippen LogP contribution in [0.1, 0.15) is 26.7 Å². The first-order valence-electron chi connectivity index (χ1n) is 4.98. The molecule has 0 aliphatic heterocycles. The molecule has 1 amide bonds. The molecule has 0 fully saturated rings. The molecule has 0 rings (SSSR count). The van der Waals surface area contributed by atoms with Gasteiger partial charge in [0, 0.05) is 19.5 Å². The van der Waals surface area contributed by atoms with Crippen molar-refractivity contribution in [3.63, 3.8) is 0 Å². The molecule has 80 valence electrons. The summed E-state index contributed by atoms with van der Waals surface area (Å²) in [5.41, 5.74) is 0. The van der Waals surface area contributed by atoms with E-state index in [0.717, 1.165) is 13.0 Å². The summed E-state index contributed by atoms with van der Waals surface area (Å²) in [6.07, 6.45) is 1.41. The molecule has 0 aromatic carbocycles. The van der Waals surface area contributed by atoms with Crippen molar-refractivity contribution < 1.29 is 4.79 Å². The molecular weight excluding hydrogens is 178 g/mol. The van der Waals surface area contributed by atoms with Crippen LogP contribution in [0, 0.1) is 11.3 Å². The molecule has 0 heterocycles. The van der Waals surface area contributed by atoms with Gasteiger partial charge in [-0.05, 0) is 20.4 Å². The van der Waals surface area contributed by atoms with Crippen molar-refractivity contribution >= 4 is 5.91 Å². The smallest absolute Gasteiger partial charge is 0.237 e. The van der Waals surface area contributed by atoms with Gasteiger partial charge in [-0.1, -0.05) is 6.92 Å². The van der Waals surface area contributed by atoms with E-state index in [-0.39, 0.29) is 11.9 Å². The molecule has 0 bridgehead atoms. The third kappa shape index (κ3) is 4.83. The highest BCUT2D eigenvalue weighted by Gasteiger charge is 2.16. The Morgan fingerprint density at radius 2 is 2.29 bits per heavy atom. The van der Waals surface area contributed by atoms with Gasteiger partial charge in [-0.25, -0.2) is 0 Å². The van der Waals surface area contributed by atoms with E-state index in [1.165, 1.54) is 0 Å².